The van der Waals surface area contributed by atoms with Crippen LogP contribution in [0.1, 0.15) is 41.0 Å². The van der Waals surface area contributed by atoms with Gasteiger partial charge in [0.15, 0.2) is 0 Å². The van der Waals surface area contributed by atoms with E-state index in [4.69, 9.17) is 5.73 Å². The van der Waals surface area contributed by atoms with E-state index in [2.05, 4.69) is 10.2 Å². The molecule has 5 nitrogen and oxygen atoms in total. The number of hydrogen-bond donors (Lipinski definition) is 1. The molecule has 5 heteroatoms. The van der Waals surface area contributed by atoms with Crippen molar-refractivity contribution in [1.29, 1.82) is 0 Å². The van der Waals surface area contributed by atoms with Crippen LogP contribution in [0.3, 0.4) is 0 Å². The number of piperidine rings is 1. The summed E-state index contributed by atoms with van der Waals surface area (Å²) >= 11 is 0. The molecule has 2 heterocycles. The summed E-state index contributed by atoms with van der Waals surface area (Å²) in [5, 5.41) is 7.98. The Kier molecular flexibility index (Phi) is 3.91. The first kappa shape index (κ1) is 13.0. The molecule has 2 rings (SSSR count). The maximum atomic E-state index is 12.5. The van der Waals surface area contributed by atoms with Crippen LogP contribution >= 0.6 is 0 Å². The van der Waals surface area contributed by atoms with Crippen molar-refractivity contribution in [2.45, 2.75) is 39.2 Å². The summed E-state index contributed by atoms with van der Waals surface area (Å²) < 4.78 is 0. The van der Waals surface area contributed by atoms with E-state index in [0.717, 1.165) is 31.5 Å². The van der Waals surface area contributed by atoms with E-state index >= 15 is 0 Å². The molecule has 2 N–H and O–H groups in total. The highest BCUT2D eigenvalue weighted by Crippen LogP contribution is 2.20. The second-order valence-corrected chi connectivity index (χ2v) is 4.87. The Morgan fingerprint density at radius 3 is 2.94 bits per heavy atom. The summed E-state index contributed by atoms with van der Waals surface area (Å²) in [5.74, 6) is 0.0423. The number of rotatable bonds is 2. The van der Waals surface area contributed by atoms with E-state index in [1.807, 2.05) is 24.8 Å². The van der Waals surface area contributed by atoms with Gasteiger partial charge in [0.2, 0.25) is 0 Å². The number of amides is 1. The minimum atomic E-state index is 0.0423. The molecule has 0 spiro atoms. The van der Waals surface area contributed by atoms with Crippen molar-refractivity contribution >= 4 is 5.91 Å². The molecule has 0 aliphatic carbocycles. The van der Waals surface area contributed by atoms with Crippen LogP contribution in [0, 0.1) is 13.8 Å². The van der Waals surface area contributed by atoms with E-state index in [1.165, 1.54) is 0 Å². The Labute approximate surface area is 107 Å². The van der Waals surface area contributed by atoms with Crippen molar-refractivity contribution in [2.24, 2.45) is 5.73 Å². The Hall–Kier alpha value is -1.49. The molecule has 98 valence electrons. The van der Waals surface area contributed by atoms with Crippen molar-refractivity contribution in [2.75, 3.05) is 13.1 Å². The number of nitrogens with two attached hydrogens (primary N) is 1. The quantitative estimate of drug-likeness (QED) is 0.849. The molecule has 0 bridgehead atoms. The van der Waals surface area contributed by atoms with Gasteiger partial charge in [-0.1, -0.05) is 0 Å². The molecule has 0 saturated carbocycles. The van der Waals surface area contributed by atoms with Crippen LogP contribution in [0.25, 0.3) is 0 Å². The van der Waals surface area contributed by atoms with E-state index < -0.39 is 0 Å². The van der Waals surface area contributed by atoms with Gasteiger partial charge in [0.05, 0.1) is 17.0 Å². The topological polar surface area (TPSA) is 72.1 Å². The van der Waals surface area contributed by atoms with Crippen LogP contribution < -0.4 is 5.73 Å². The molecule has 1 aliphatic heterocycles. The Bertz CT molecular complexity index is 447. The molecule has 1 atom stereocenters. The lowest BCUT2D eigenvalue weighted by Crippen LogP contribution is -2.47. The lowest BCUT2D eigenvalue weighted by Gasteiger charge is -2.35. The first-order chi connectivity index (χ1) is 8.63. The average Bonchev–Trinajstić information content (AvgIpc) is 2.40. The lowest BCUT2D eigenvalue weighted by atomic mass is 10.0. The summed E-state index contributed by atoms with van der Waals surface area (Å²) in [6.45, 7) is 4.99. The van der Waals surface area contributed by atoms with Crippen LogP contribution in [-0.2, 0) is 0 Å². The maximum Gasteiger partial charge on any atom is 0.256 e. The van der Waals surface area contributed by atoms with E-state index in [1.54, 1.807) is 0 Å². The number of carbonyl (C=O) groups is 1. The molecule has 1 aromatic rings. The molecule has 1 aliphatic rings. The van der Waals surface area contributed by atoms with Gasteiger partial charge >= 0.3 is 0 Å². The number of likely N-dealkylation sites (tertiary alicyclic amines) is 1. The molecule has 1 aromatic heterocycles. The fourth-order valence-corrected chi connectivity index (χ4v) is 2.43. The molecular formula is C13H20N4O. The zero-order valence-electron chi connectivity index (χ0n) is 11.0. The highest BCUT2D eigenvalue weighted by Gasteiger charge is 2.27. The SMILES string of the molecule is Cc1cc(C(=O)N2CCCCC2CN)c(C)nn1. The van der Waals surface area contributed by atoms with Gasteiger partial charge in [-0.3, -0.25) is 4.79 Å². The van der Waals surface area contributed by atoms with Crippen molar-refractivity contribution in [1.82, 2.24) is 15.1 Å². The minimum absolute atomic E-state index is 0.0423. The van der Waals surface area contributed by atoms with Crippen LogP contribution in [0.15, 0.2) is 6.07 Å². The fraction of sp³-hybridized carbons (Fsp3) is 0.615. The summed E-state index contributed by atoms with van der Waals surface area (Å²) in [6.07, 6.45) is 3.20. The minimum Gasteiger partial charge on any atom is -0.334 e. The highest BCUT2D eigenvalue weighted by atomic mass is 16.2. The summed E-state index contributed by atoms with van der Waals surface area (Å²) in [5.41, 5.74) is 7.87. The molecular weight excluding hydrogens is 228 g/mol. The predicted octanol–water partition coefficient (Wildman–Crippen LogP) is 1.05. The van der Waals surface area contributed by atoms with E-state index in [9.17, 15) is 4.79 Å². The normalized spacial score (nSPS) is 19.9. The summed E-state index contributed by atoms with van der Waals surface area (Å²) in [4.78, 5) is 14.4. The standard InChI is InChI=1S/C13H20N4O/c1-9-7-12(10(2)16-15-9)13(18)17-6-4-3-5-11(17)8-14/h7,11H,3-6,8,14H2,1-2H3. The van der Waals surface area contributed by atoms with Crippen molar-refractivity contribution < 1.29 is 4.79 Å². The van der Waals surface area contributed by atoms with Crippen LogP contribution in [-0.4, -0.2) is 40.1 Å². The van der Waals surface area contributed by atoms with Gasteiger partial charge in [-0.15, -0.1) is 0 Å². The van der Waals surface area contributed by atoms with Gasteiger partial charge in [0.25, 0.3) is 5.91 Å². The first-order valence-electron chi connectivity index (χ1n) is 6.45. The van der Waals surface area contributed by atoms with Gasteiger partial charge in [-0.05, 0) is 39.2 Å². The molecule has 1 amide bonds. The van der Waals surface area contributed by atoms with Crippen LogP contribution in [0.4, 0.5) is 0 Å². The third-order valence-electron chi connectivity index (χ3n) is 3.49. The van der Waals surface area contributed by atoms with Crippen LogP contribution in [0.2, 0.25) is 0 Å². The first-order valence-corrected chi connectivity index (χ1v) is 6.45. The van der Waals surface area contributed by atoms with Gasteiger partial charge in [-0.2, -0.15) is 10.2 Å². The van der Waals surface area contributed by atoms with Crippen molar-refractivity contribution in [3.8, 4) is 0 Å². The van der Waals surface area contributed by atoms with Crippen molar-refractivity contribution in [3.05, 3.63) is 23.0 Å². The van der Waals surface area contributed by atoms with Gasteiger partial charge in [0, 0.05) is 19.1 Å². The maximum absolute atomic E-state index is 12.5. The lowest BCUT2D eigenvalue weighted by molar-refractivity contribution is 0.0621. The van der Waals surface area contributed by atoms with E-state index in [-0.39, 0.29) is 11.9 Å². The third-order valence-corrected chi connectivity index (χ3v) is 3.49. The average molecular weight is 248 g/mol. The summed E-state index contributed by atoms with van der Waals surface area (Å²) in [7, 11) is 0. The molecule has 1 fully saturated rings. The Morgan fingerprint density at radius 2 is 2.22 bits per heavy atom. The smallest absolute Gasteiger partial charge is 0.256 e. The zero-order valence-corrected chi connectivity index (χ0v) is 11.0. The molecule has 0 radical (unpaired) electrons. The Balaban J connectivity index is 2.26. The molecule has 1 unspecified atom stereocenters. The molecule has 0 aromatic carbocycles. The molecule has 18 heavy (non-hydrogen) atoms. The number of hydrogen-bond acceptors (Lipinski definition) is 4. The molecule has 1 saturated heterocycles. The van der Waals surface area contributed by atoms with Crippen LogP contribution in [0.5, 0.6) is 0 Å². The predicted molar refractivity (Wildman–Crippen MR) is 69.2 cm³/mol. The van der Waals surface area contributed by atoms with Gasteiger partial charge in [0.1, 0.15) is 0 Å². The van der Waals surface area contributed by atoms with Crippen molar-refractivity contribution in [3.63, 3.8) is 0 Å². The highest BCUT2D eigenvalue weighted by molar-refractivity contribution is 5.95. The number of nitrogens with zero attached hydrogens (tertiary/aromatic N) is 3. The Morgan fingerprint density at radius 1 is 1.44 bits per heavy atom. The largest absolute Gasteiger partial charge is 0.334 e. The number of aromatic nitrogens is 2. The number of aryl methyl sites for hydroxylation is 2. The van der Waals surface area contributed by atoms with Gasteiger partial charge in [-0.25, -0.2) is 0 Å². The second kappa shape index (κ2) is 5.44. The number of carbonyl (C=O) groups excluding carboxylic acids is 1. The zero-order chi connectivity index (χ0) is 13.1. The second-order valence-electron chi connectivity index (χ2n) is 4.87. The third kappa shape index (κ3) is 2.51. The van der Waals surface area contributed by atoms with Gasteiger partial charge < -0.3 is 10.6 Å². The monoisotopic (exact) mass is 248 g/mol. The summed E-state index contributed by atoms with van der Waals surface area (Å²) in [6, 6.07) is 1.98. The fourth-order valence-electron chi connectivity index (χ4n) is 2.43. The van der Waals surface area contributed by atoms with E-state index in [0.29, 0.717) is 17.8 Å².